The van der Waals surface area contributed by atoms with Crippen LogP contribution in [0.4, 0.5) is 10.1 Å². The molecule has 1 aromatic carbocycles. The van der Waals surface area contributed by atoms with Gasteiger partial charge in [0.1, 0.15) is 5.82 Å². The van der Waals surface area contributed by atoms with Crippen molar-refractivity contribution in [1.82, 2.24) is 0 Å². The standard InChI is InChI=1S/C10H13FN2O/c1-2-13(10(14)7-12)9-6-4-3-5-8(9)11/h3-6H,2,7,12H2,1H3. The number of benzene rings is 1. The van der Waals surface area contributed by atoms with E-state index in [1.165, 1.54) is 11.0 Å². The number of para-hydroxylation sites is 1. The van der Waals surface area contributed by atoms with Gasteiger partial charge in [-0.15, -0.1) is 0 Å². The largest absolute Gasteiger partial charge is 0.322 e. The van der Waals surface area contributed by atoms with Crippen molar-refractivity contribution in [3.05, 3.63) is 30.1 Å². The van der Waals surface area contributed by atoms with Gasteiger partial charge < -0.3 is 10.6 Å². The van der Waals surface area contributed by atoms with Gasteiger partial charge in [0, 0.05) is 6.54 Å². The lowest BCUT2D eigenvalue weighted by Gasteiger charge is -2.20. The number of hydrogen-bond donors (Lipinski definition) is 1. The molecule has 3 nitrogen and oxygen atoms in total. The summed E-state index contributed by atoms with van der Waals surface area (Å²) in [6.07, 6.45) is 0. The first-order valence-corrected chi connectivity index (χ1v) is 4.45. The molecule has 76 valence electrons. The highest BCUT2D eigenvalue weighted by Gasteiger charge is 2.14. The summed E-state index contributed by atoms with van der Waals surface area (Å²) in [6, 6.07) is 6.15. The van der Waals surface area contributed by atoms with Crippen LogP contribution >= 0.6 is 0 Å². The Morgan fingerprint density at radius 2 is 2.14 bits per heavy atom. The second-order valence-electron chi connectivity index (χ2n) is 2.79. The first-order chi connectivity index (χ1) is 6.70. The minimum atomic E-state index is -0.406. The fourth-order valence-electron chi connectivity index (χ4n) is 1.26. The molecular formula is C10H13FN2O. The lowest BCUT2D eigenvalue weighted by atomic mass is 10.2. The van der Waals surface area contributed by atoms with Gasteiger partial charge in [-0.3, -0.25) is 4.79 Å². The Balaban J connectivity index is 3.01. The van der Waals surface area contributed by atoms with E-state index >= 15 is 0 Å². The second kappa shape index (κ2) is 4.72. The molecule has 0 unspecified atom stereocenters. The third-order valence-corrected chi connectivity index (χ3v) is 1.94. The van der Waals surface area contributed by atoms with Gasteiger partial charge in [-0.05, 0) is 19.1 Å². The van der Waals surface area contributed by atoms with E-state index in [4.69, 9.17) is 5.73 Å². The fraction of sp³-hybridized carbons (Fsp3) is 0.300. The molecule has 0 aliphatic carbocycles. The fourth-order valence-corrected chi connectivity index (χ4v) is 1.26. The number of anilines is 1. The van der Waals surface area contributed by atoms with Crippen LogP contribution in [0.15, 0.2) is 24.3 Å². The zero-order chi connectivity index (χ0) is 10.6. The van der Waals surface area contributed by atoms with Crippen molar-refractivity contribution in [3.8, 4) is 0 Å². The normalized spacial score (nSPS) is 9.93. The van der Waals surface area contributed by atoms with Crippen molar-refractivity contribution in [3.63, 3.8) is 0 Å². The van der Waals surface area contributed by atoms with Crippen molar-refractivity contribution in [2.75, 3.05) is 18.0 Å². The molecule has 0 fully saturated rings. The molecule has 1 aromatic rings. The highest BCUT2D eigenvalue weighted by Crippen LogP contribution is 2.17. The van der Waals surface area contributed by atoms with Crippen LogP contribution in [-0.2, 0) is 4.79 Å². The molecule has 4 heteroatoms. The van der Waals surface area contributed by atoms with Crippen LogP contribution in [0, 0.1) is 5.82 Å². The highest BCUT2D eigenvalue weighted by atomic mass is 19.1. The Hall–Kier alpha value is -1.42. The molecular weight excluding hydrogens is 183 g/mol. The summed E-state index contributed by atoms with van der Waals surface area (Å²) in [5.74, 6) is -0.686. The van der Waals surface area contributed by atoms with Gasteiger partial charge >= 0.3 is 0 Å². The van der Waals surface area contributed by atoms with E-state index in [9.17, 15) is 9.18 Å². The Kier molecular flexibility index (Phi) is 3.59. The van der Waals surface area contributed by atoms with Crippen LogP contribution in [0.2, 0.25) is 0 Å². The molecule has 0 aromatic heterocycles. The smallest absolute Gasteiger partial charge is 0.240 e. The van der Waals surface area contributed by atoms with Gasteiger partial charge in [0.25, 0.3) is 0 Å². The summed E-state index contributed by atoms with van der Waals surface area (Å²) in [7, 11) is 0. The summed E-state index contributed by atoms with van der Waals surface area (Å²) in [5.41, 5.74) is 5.51. The molecule has 0 aliphatic heterocycles. The summed E-state index contributed by atoms with van der Waals surface area (Å²) in [6.45, 7) is 2.08. The molecule has 1 rings (SSSR count). The van der Waals surface area contributed by atoms with Gasteiger partial charge in [-0.2, -0.15) is 0 Å². The molecule has 14 heavy (non-hydrogen) atoms. The molecule has 0 atom stereocenters. The zero-order valence-corrected chi connectivity index (χ0v) is 8.03. The number of nitrogens with two attached hydrogens (primary N) is 1. The number of carbonyl (C=O) groups excluding carboxylic acids is 1. The molecule has 0 bridgehead atoms. The Bertz CT molecular complexity index is 328. The highest BCUT2D eigenvalue weighted by molar-refractivity contribution is 5.94. The van der Waals surface area contributed by atoms with E-state index in [0.29, 0.717) is 6.54 Å². The lowest BCUT2D eigenvalue weighted by Crippen LogP contribution is -2.36. The van der Waals surface area contributed by atoms with Gasteiger partial charge in [-0.1, -0.05) is 12.1 Å². The number of hydrogen-bond acceptors (Lipinski definition) is 2. The predicted octanol–water partition coefficient (Wildman–Crippen LogP) is 1.14. The van der Waals surface area contributed by atoms with E-state index < -0.39 is 5.82 Å². The van der Waals surface area contributed by atoms with E-state index in [1.54, 1.807) is 25.1 Å². The van der Waals surface area contributed by atoms with Crippen molar-refractivity contribution in [1.29, 1.82) is 0 Å². The van der Waals surface area contributed by atoms with Crippen LogP contribution < -0.4 is 10.6 Å². The molecule has 1 amide bonds. The van der Waals surface area contributed by atoms with E-state index in [-0.39, 0.29) is 18.1 Å². The minimum absolute atomic E-state index is 0.109. The van der Waals surface area contributed by atoms with Crippen LogP contribution in [-0.4, -0.2) is 19.0 Å². The van der Waals surface area contributed by atoms with E-state index in [2.05, 4.69) is 0 Å². The van der Waals surface area contributed by atoms with Crippen LogP contribution in [0.5, 0.6) is 0 Å². The number of likely N-dealkylation sites (N-methyl/N-ethyl adjacent to an activating group) is 1. The van der Waals surface area contributed by atoms with Gasteiger partial charge in [0.2, 0.25) is 5.91 Å². The number of amides is 1. The molecule has 0 heterocycles. The summed E-state index contributed by atoms with van der Waals surface area (Å²) in [5, 5.41) is 0. The predicted molar refractivity (Wildman–Crippen MR) is 53.5 cm³/mol. The molecule has 0 spiro atoms. The average Bonchev–Trinajstić information content (AvgIpc) is 2.21. The number of nitrogens with zero attached hydrogens (tertiary/aromatic N) is 1. The van der Waals surface area contributed by atoms with Crippen molar-refractivity contribution in [2.24, 2.45) is 5.73 Å². The van der Waals surface area contributed by atoms with Gasteiger partial charge in [0.15, 0.2) is 0 Å². The van der Waals surface area contributed by atoms with Crippen LogP contribution in [0.3, 0.4) is 0 Å². The van der Waals surface area contributed by atoms with Crippen LogP contribution in [0.1, 0.15) is 6.92 Å². The second-order valence-corrected chi connectivity index (χ2v) is 2.79. The van der Waals surface area contributed by atoms with Crippen molar-refractivity contribution >= 4 is 11.6 Å². The molecule has 0 saturated carbocycles. The minimum Gasteiger partial charge on any atom is -0.322 e. The zero-order valence-electron chi connectivity index (χ0n) is 8.03. The third kappa shape index (κ3) is 2.09. The number of rotatable bonds is 3. The molecule has 0 radical (unpaired) electrons. The van der Waals surface area contributed by atoms with Crippen molar-refractivity contribution in [2.45, 2.75) is 6.92 Å². The third-order valence-electron chi connectivity index (χ3n) is 1.94. The van der Waals surface area contributed by atoms with Gasteiger partial charge in [-0.25, -0.2) is 4.39 Å². The SMILES string of the molecule is CCN(C(=O)CN)c1ccccc1F. The van der Waals surface area contributed by atoms with Crippen LogP contribution in [0.25, 0.3) is 0 Å². The molecule has 0 aliphatic rings. The quantitative estimate of drug-likeness (QED) is 0.787. The number of carbonyl (C=O) groups is 1. The monoisotopic (exact) mass is 196 g/mol. The van der Waals surface area contributed by atoms with Gasteiger partial charge in [0.05, 0.1) is 12.2 Å². The maximum atomic E-state index is 13.3. The molecule has 2 N–H and O–H groups in total. The first-order valence-electron chi connectivity index (χ1n) is 4.45. The summed E-state index contributed by atoms with van der Waals surface area (Å²) < 4.78 is 13.3. The Morgan fingerprint density at radius 1 is 1.50 bits per heavy atom. The molecule has 0 saturated heterocycles. The maximum absolute atomic E-state index is 13.3. The lowest BCUT2D eigenvalue weighted by molar-refractivity contribution is -0.117. The summed E-state index contributed by atoms with van der Waals surface area (Å²) >= 11 is 0. The first kappa shape index (κ1) is 10.7. The maximum Gasteiger partial charge on any atom is 0.240 e. The van der Waals surface area contributed by atoms with E-state index in [0.717, 1.165) is 0 Å². The Labute approximate surface area is 82.3 Å². The van der Waals surface area contributed by atoms with E-state index in [1.807, 2.05) is 0 Å². The Morgan fingerprint density at radius 3 is 2.64 bits per heavy atom. The average molecular weight is 196 g/mol. The number of halogens is 1. The topological polar surface area (TPSA) is 46.3 Å². The van der Waals surface area contributed by atoms with Crippen molar-refractivity contribution < 1.29 is 9.18 Å². The summed E-state index contributed by atoms with van der Waals surface area (Å²) in [4.78, 5) is 12.7.